The topological polar surface area (TPSA) is 37.4 Å². The third kappa shape index (κ3) is 12.3. The van der Waals surface area contributed by atoms with Crippen LogP contribution in [0.2, 0.25) is 0 Å². The molecule has 5 unspecified atom stereocenters. The van der Waals surface area contributed by atoms with Gasteiger partial charge in [0.05, 0.1) is 15.1 Å². The summed E-state index contributed by atoms with van der Waals surface area (Å²) in [5, 5.41) is 3.78. The Kier molecular flexibility index (Phi) is 21.7. The molecule has 1 aliphatic rings. The van der Waals surface area contributed by atoms with E-state index in [4.69, 9.17) is 0 Å². The van der Waals surface area contributed by atoms with Crippen LogP contribution in [-0.4, -0.2) is 23.3 Å². The Bertz CT molecular complexity index is 3550. The molecule has 6 aromatic heterocycles. The summed E-state index contributed by atoms with van der Waals surface area (Å²) in [4.78, 5) is 43.0. The van der Waals surface area contributed by atoms with Gasteiger partial charge in [-0.2, -0.15) is 0 Å². The Morgan fingerprint density at radius 2 is 1.05 bits per heavy atom. The van der Waals surface area contributed by atoms with E-state index in [-0.39, 0.29) is 22.6 Å². The molecule has 0 saturated carbocycles. The van der Waals surface area contributed by atoms with Gasteiger partial charge in [-0.05, 0) is 110 Å². The molecule has 85 heavy (non-hydrogen) atoms. The van der Waals surface area contributed by atoms with Gasteiger partial charge in [-0.1, -0.05) is 226 Å². The minimum Gasteiger partial charge on any atom is -0.274 e. The zero-order chi connectivity index (χ0) is 59.8. The van der Waals surface area contributed by atoms with Crippen LogP contribution in [0.3, 0.4) is 0 Å². The molecule has 5 atom stereocenters. The number of amides is 2. The van der Waals surface area contributed by atoms with Gasteiger partial charge in [0.15, 0.2) is 0 Å². The summed E-state index contributed by atoms with van der Waals surface area (Å²) in [7, 11) is 0. The smallest absolute Gasteiger partial charge is 0.271 e. The van der Waals surface area contributed by atoms with Gasteiger partial charge in [-0.25, -0.2) is 0 Å². The van der Waals surface area contributed by atoms with Crippen molar-refractivity contribution in [3.05, 3.63) is 138 Å². The maximum absolute atomic E-state index is 15.1. The lowest BCUT2D eigenvalue weighted by Crippen LogP contribution is -2.35. The molecule has 0 spiro atoms. The first-order valence-electron chi connectivity index (χ1n) is 33.3. The van der Waals surface area contributed by atoms with E-state index in [9.17, 15) is 4.79 Å². The Morgan fingerprint density at radius 1 is 0.459 bits per heavy atom. The molecule has 0 fully saturated rings. The second-order valence-corrected chi connectivity index (χ2v) is 31.3. The molecule has 0 saturated heterocycles. The zero-order valence-electron chi connectivity index (χ0n) is 52.9. The molecule has 9 heteroatoms. The van der Waals surface area contributed by atoms with E-state index in [1.807, 2.05) is 45.3 Å². The normalized spacial score (nSPS) is 15.4. The molecule has 452 valence electrons. The zero-order valence-corrected chi connectivity index (χ0v) is 57.8. The summed E-state index contributed by atoms with van der Waals surface area (Å²) in [5.41, 5.74) is 5.73. The number of hydrogen-bond donors (Lipinski definition) is 0. The third-order valence-electron chi connectivity index (χ3n) is 19.5. The van der Waals surface area contributed by atoms with Crippen molar-refractivity contribution in [2.24, 2.45) is 17.8 Å². The molecule has 0 N–H and O–H groups in total. The summed E-state index contributed by atoms with van der Waals surface area (Å²) in [5.74, 6) is 1.63. The summed E-state index contributed by atoms with van der Waals surface area (Å²) in [6.07, 6.45) is 24.9. The number of nitrogens with zero attached hydrogens (tertiary/aromatic N) is 1. The number of thiophene rings is 6. The van der Waals surface area contributed by atoms with E-state index in [0.717, 1.165) is 93.6 Å². The molecule has 10 rings (SSSR count). The molecule has 9 aromatic rings. The SMILES string of the molecule is CCCCCC(CC)(c1ccccc1)c1sc(-c2cc3c(-c4ccc(CC(CC)CCCC)s4)c4sc(C(CCC)(c5ccccc5)C(CC)CCC)cc4c(-c4ccc(CC(CC)CCCC)s4)c3s2)c2sc3c(c12)C(=O)N(CCCC)C3=O. The van der Waals surface area contributed by atoms with Crippen LogP contribution in [0.1, 0.15) is 248 Å². The van der Waals surface area contributed by atoms with Crippen LogP contribution in [0.5, 0.6) is 0 Å². The molecule has 0 radical (unpaired) electrons. The van der Waals surface area contributed by atoms with Gasteiger partial charge >= 0.3 is 0 Å². The monoisotopic (exact) mass is 1250 g/mol. The van der Waals surface area contributed by atoms with Crippen LogP contribution in [0.15, 0.2) is 97.1 Å². The fourth-order valence-corrected chi connectivity index (χ4v) is 23.2. The summed E-state index contributed by atoms with van der Waals surface area (Å²) in [6.45, 7) is 23.9. The van der Waals surface area contributed by atoms with E-state index < -0.39 is 0 Å². The largest absolute Gasteiger partial charge is 0.274 e. The predicted octanol–water partition coefficient (Wildman–Crippen LogP) is 25.6. The van der Waals surface area contributed by atoms with Gasteiger partial charge in [0, 0.05) is 88.2 Å². The Balaban J connectivity index is 1.31. The standard InChI is InChI=1S/C76H95NO2S6/c1-11-21-31-44-75(20-10,53-35-27-25-28-36-53)72-65-66-71(74(79)77(73(66)78)45-24-14-4)84-70(65)69(85-72)61-48-57-63(59-41-39-55(80-59)46-50(17-7)33-22-12-2)68-58(64(67(57)82-61)60-42-40-56(81-60)47-51(18-8)34-23-13-3)49-62(83-68)76(43-16-6,52(19-9)32-15-5)54-37-29-26-30-38-54/h25-30,35-42,48-52H,11-24,31-34,43-47H2,1-10H3. The summed E-state index contributed by atoms with van der Waals surface area (Å²) >= 11 is 11.7. The van der Waals surface area contributed by atoms with Crippen LogP contribution in [-0.2, 0) is 23.7 Å². The maximum Gasteiger partial charge on any atom is 0.271 e. The molecular weight excluding hydrogens is 1150 g/mol. The van der Waals surface area contributed by atoms with Gasteiger partial charge in [0.25, 0.3) is 11.8 Å². The average Bonchev–Trinajstić information content (AvgIpc) is 1.60. The summed E-state index contributed by atoms with van der Waals surface area (Å²) in [6, 6.07) is 38.1. The number of fused-ring (bicyclic) bond motifs is 5. The van der Waals surface area contributed by atoms with Crippen molar-refractivity contribution in [2.45, 2.75) is 221 Å². The lowest BCUT2D eigenvalue weighted by Gasteiger charge is -2.41. The first-order chi connectivity index (χ1) is 41.5. The number of carbonyl (C=O) groups excluding carboxylic acids is 2. The molecular formula is C76H95NO2S6. The van der Waals surface area contributed by atoms with Crippen LogP contribution in [0.4, 0.5) is 0 Å². The van der Waals surface area contributed by atoms with Gasteiger partial charge in [0.1, 0.15) is 4.88 Å². The van der Waals surface area contributed by atoms with E-state index in [0.29, 0.717) is 34.7 Å². The maximum atomic E-state index is 15.1. The minimum absolute atomic E-state index is 0.102. The number of rotatable bonds is 33. The third-order valence-corrected chi connectivity index (χ3v) is 27.1. The number of unbranched alkanes of at least 4 members (excludes halogenated alkanes) is 5. The van der Waals surface area contributed by atoms with E-state index in [1.54, 1.807) is 16.2 Å². The highest BCUT2D eigenvalue weighted by Crippen LogP contribution is 2.61. The van der Waals surface area contributed by atoms with Crippen molar-refractivity contribution in [1.82, 2.24) is 4.90 Å². The second-order valence-electron chi connectivity index (χ2n) is 24.9. The number of benzene rings is 3. The molecule has 3 nitrogen and oxygen atoms in total. The highest BCUT2D eigenvalue weighted by molar-refractivity contribution is 7.32. The van der Waals surface area contributed by atoms with Gasteiger partial charge in [-0.3, -0.25) is 14.5 Å². The van der Waals surface area contributed by atoms with Crippen molar-refractivity contribution in [2.75, 3.05) is 6.54 Å². The minimum atomic E-state index is -0.335. The Labute approximate surface area is 534 Å². The first kappa shape index (κ1) is 63.8. The molecule has 0 aliphatic carbocycles. The number of carbonyl (C=O) groups is 2. The Hall–Kier alpha value is -4.22. The summed E-state index contributed by atoms with van der Waals surface area (Å²) < 4.78 is 3.89. The van der Waals surface area contributed by atoms with E-state index >= 15 is 4.79 Å². The van der Waals surface area contributed by atoms with Crippen LogP contribution >= 0.6 is 68.0 Å². The quantitative estimate of drug-likeness (QED) is 0.0304. The van der Waals surface area contributed by atoms with E-state index in [1.165, 1.54) is 139 Å². The van der Waals surface area contributed by atoms with E-state index in [2.05, 4.69) is 178 Å². The van der Waals surface area contributed by atoms with Crippen LogP contribution < -0.4 is 0 Å². The first-order valence-corrected chi connectivity index (χ1v) is 38.2. The molecule has 0 bridgehead atoms. The van der Waals surface area contributed by atoms with Crippen molar-refractivity contribution in [3.63, 3.8) is 0 Å². The molecule has 1 aliphatic heterocycles. The van der Waals surface area contributed by atoms with Crippen molar-refractivity contribution < 1.29 is 9.59 Å². The van der Waals surface area contributed by atoms with Crippen molar-refractivity contribution >= 4 is 110 Å². The fraction of sp³-hybridized carbons (Fsp3) is 0.500. The van der Waals surface area contributed by atoms with Crippen LogP contribution in [0, 0.1) is 17.8 Å². The highest BCUT2D eigenvalue weighted by atomic mass is 32.1. The van der Waals surface area contributed by atoms with Gasteiger partial charge in [-0.15, -0.1) is 68.0 Å². The predicted molar refractivity (Wildman–Crippen MR) is 379 cm³/mol. The fourth-order valence-electron chi connectivity index (χ4n) is 14.7. The molecule has 2 amide bonds. The van der Waals surface area contributed by atoms with Crippen molar-refractivity contribution in [3.8, 4) is 30.6 Å². The van der Waals surface area contributed by atoms with Gasteiger partial charge < -0.3 is 0 Å². The average molecular weight is 1250 g/mol. The molecule has 3 aromatic carbocycles. The van der Waals surface area contributed by atoms with Gasteiger partial charge in [0.2, 0.25) is 0 Å². The second kappa shape index (κ2) is 28.9. The molecule has 7 heterocycles. The Morgan fingerprint density at radius 3 is 1.60 bits per heavy atom. The van der Waals surface area contributed by atoms with Crippen LogP contribution in [0.25, 0.3) is 60.9 Å². The number of imide groups is 1. The lowest BCUT2D eigenvalue weighted by molar-refractivity contribution is 0.0654. The highest BCUT2D eigenvalue weighted by Gasteiger charge is 2.46. The lowest BCUT2D eigenvalue weighted by atomic mass is 9.64. The van der Waals surface area contributed by atoms with Crippen molar-refractivity contribution in [1.29, 1.82) is 0 Å². The number of hydrogen-bond acceptors (Lipinski definition) is 8.